The normalized spacial score (nSPS) is 25.9. The Morgan fingerprint density at radius 2 is 2.00 bits per heavy atom. The van der Waals surface area contributed by atoms with E-state index in [4.69, 9.17) is 0 Å². The van der Waals surface area contributed by atoms with Crippen molar-refractivity contribution in [3.05, 3.63) is 11.6 Å². The van der Waals surface area contributed by atoms with Gasteiger partial charge in [-0.25, -0.2) is 0 Å². The molecule has 0 amide bonds. The van der Waals surface area contributed by atoms with Crippen molar-refractivity contribution in [1.29, 1.82) is 0 Å². The van der Waals surface area contributed by atoms with Crippen LogP contribution in [0.4, 0.5) is 0 Å². The molecule has 1 spiro atoms. The van der Waals surface area contributed by atoms with Crippen molar-refractivity contribution in [3.63, 3.8) is 0 Å². The molecule has 2 aliphatic rings. The van der Waals surface area contributed by atoms with Crippen molar-refractivity contribution in [1.82, 2.24) is 4.90 Å². The van der Waals surface area contributed by atoms with Gasteiger partial charge >= 0.3 is 0 Å². The van der Waals surface area contributed by atoms with Gasteiger partial charge in [-0.3, -0.25) is 4.90 Å². The fourth-order valence-corrected chi connectivity index (χ4v) is 3.24. The maximum absolute atomic E-state index is 2.63. The first-order valence-corrected chi connectivity index (χ1v) is 6.69. The fourth-order valence-electron chi connectivity index (χ4n) is 3.24. The maximum Gasteiger partial charge on any atom is 0.0394 e. The summed E-state index contributed by atoms with van der Waals surface area (Å²) in [6, 6.07) is 0. The number of hydrogen-bond donors (Lipinski definition) is 0. The molecule has 0 bridgehead atoms. The average Bonchev–Trinajstić information content (AvgIpc) is 2.54. The zero-order valence-electron chi connectivity index (χ0n) is 10.4. The third-order valence-electron chi connectivity index (χ3n) is 4.24. The highest BCUT2D eigenvalue weighted by Gasteiger charge is 2.38. The molecule has 0 unspecified atom stereocenters. The van der Waals surface area contributed by atoms with Crippen LogP contribution in [0.5, 0.6) is 0 Å². The first-order chi connectivity index (χ1) is 7.27. The second kappa shape index (κ2) is 4.69. The Balaban J connectivity index is 2.01. The van der Waals surface area contributed by atoms with Gasteiger partial charge in [0.25, 0.3) is 0 Å². The van der Waals surface area contributed by atoms with Crippen molar-refractivity contribution in [2.75, 3.05) is 13.6 Å². The quantitative estimate of drug-likeness (QED) is 0.637. The smallest absolute Gasteiger partial charge is 0.0394 e. The number of hydrogen-bond acceptors (Lipinski definition) is 1. The van der Waals surface area contributed by atoms with Crippen LogP contribution in [-0.4, -0.2) is 24.0 Å². The van der Waals surface area contributed by atoms with Gasteiger partial charge < -0.3 is 0 Å². The number of unbranched alkanes of at least 4 members (excludes halogenated alkanes) is 1. The van der Waals surface area contributed by atoms with E-state index in [0.29, 0.717) is 5.54 Å². The highest BCUT2D eigenvalue weighted by molar-refractivity contribution is 5.23. The Morgan fingerprint density at radius 3 is 2.67 bits per heavy atom. The van der Waals surface area contributed by atoms with Gasteiger partial charge in [0.1, 0.15) is 0 Å². The SMILES string of the molecule is CCCCC1=CC2(CCCCC2)N(C)C1. The molecule has 0 atom stereocenters. The standard InChI is InChI=1S/C14H25N/c1-3-4-8-13-11-14(15(2)12-13)9-6-5-7-10-14/h11H,3-10,12H2,1-2H3. The van der Waals surface area contributed by atoms with Crippen molar-refractivity contribution in [2.24, 2.45) is 0 Å². The van der Waals surface area contributed by atoms with Gasteiger partial charge in [-0.15, -0.1) is 0 Å². The molecule has 0 aromatic rings. The van der Waals surface area contributed by atoms with Gasteiger partial charge in [-0.2, -0.15) is 0 Å². The largest absolute Gasteiger partial charge is 0.293 e. The molecule has 15 heavy (non-hydrogen) atoms. The predicted octanol–water partition coefficient (Wildman–Crippen LogP) is 3.75. The van der Waals surface area contributed by atoms with E-state index in [2.05, 4.69) is 24.9 Å². The van der Waals surface area contributed by atoms with Crippen LogP contribution in [0.25, 0.3) is 0 Å². The fraction of sp³-hybridized carbons (Fsp3) is 0.857. The lowest BCUT2D eigenvalue weighted by Gasteiger charge is -2.38. The van der Waals surface area contributed by atoms with Crippen LogP contribution in [0.3, 0.4) is 0 Å². The summed E-state index contributed by atoms with van der Waals surface area (Å²) in [5.74, 6) is 0. The Hall–Kier alpha value is -0.300. The summed E-state index contributed by atoms with van der Waals surface area (Å²) in [5, 5.41) is 0. The molecule has 0 saturated heterocycles. The zero-order valence-corrected chi connectivity index (χ0v) is 10.4. The van der Waals surface area contributed by atoms with E-state index < -0.39 is 0 Å². The lowest BCUT2D eigenvalue weighted by Crippen LogP contribution is -2.42. The summed E-state index contributed by atoms with van der Waals surface area (Å²) in [6.07, 6.45) is 13.8. The summed E-state index contributed by atoms with van der Waals surface area (Å²) in [4.78, 5) is 2.61. The van der Waals surface area contributed by atoms with Crippen LogP contribution in [0.1, 0.15) is 58.3 Å². The molecule has 1 fully saturated rings. The molecular weight excluding hydrogens is 182 g/mol. The van der Waals surface area contributed by atoms with Crippen LogP contribution >= 0.6 is 0 Å². The minimum Gasteiger partial charge on any atom is -0.293 e. The minimum absolute atomic E-state index is 0.474. The molecular formula is C14H25N. The minimum atomic E-state index is 0.474. The highest BCUT2D eigenvalue weighted by Crippen LogP contribution is 2.39. The van der Waals surface area contributed by atoms with E-state index in [1.807, 2.05) is 0 Å². The van der Waals surface area contributed by atoms with E-state index in [9.17, 15) is 0 Å². The number of rotatable bonds is 3. The summed E-state index contributed by atoms with van der Waals surface area (Å²) in [6.45, 7) is 3.52. The van der Waals surface area contributed by atoms with E-state index in [1.165, 1.54) is 57.9 Å². The lowest BCUT2D eigenvalue weighted by molar-refractivity contribution is 0.149. The van der Waals surface area contributed by atoms with Crippen molar-refractivity contribution >= 4 is 0 Å². The summed E-state index contributed by atoms with van der Waals surface area (Å²) >= 11 is 0. The van der Waals surface area contributed by atoms with Crippen LogP contribution < -0.4 is 0 Å². The van der Waals surface area contributed by atoms with Crippen molar-refractivity contribution in [2.45, 2.75) is 63.8 Å². The van der Waals surface area contributed by atoms with Gasteiger partial charge in [-0.1, -0.05) is 44.3 Å². The molecule has 1 nitrogen and oxygen atoms in total. The monoisotopic (exact) mass is 207 g/mol. The van der Waals surface area contributed by atoms with Crippen LogP contribution in [0.2, 0.25) is 0 Å². The van der Waals surface area contributed by atoms with Crippen LogP contribution in [0, 0.1) is 0 Å². The Kier molecular flexibility index (Phi) is 3.50. The van der Waals surface area contributed by atoms with Gasteiger partial charge in [0, 0.05) is 12.1 Å². The van der Waals surface area contributed by atoms with Gasteiger partial charge in [0.15, 0.2) is 0 Å². The Labute approximate surface area is 94.5 Å². The molecule has 1 aliphatic heterocycles. The number of likely N-dealkylation sites (N-methyl/N-ethyl adjacent to an activating group) is 1. The Bertz CT molecular complexity index is 236. The lowest BCUT2D eigenvalue weighted by atomic mass is 9.81. The molecule has 1 aliphatic carbocycles. The van der Waals surface area contributed by atoms with E-state index in [1.54, 1.807) is 5.57 Å². The molecule has 2 rings (SSSR count). The molecule has 1 heteroatoms. The van der Waals surface area contributed by atoms with Crippen molar-refractivity contribution in [3.8, 4) is 0 Å². The summed E-state index contributed by atoms with van der Waals surface area (Å²) in [7, 11) is 2.32. The summed E-state index contributed by atoms with van der Waals surface area (Å²) < 4.78 is 0. The summed E-state index contributed by atoms with van der Waals surface area (Å²) in [5.41, 5.74) is 2.18. The van der Waals surface area contributed by atoms with Crippen LogP contribution in [0.15, 0.2) is 11.6 Å². The second-order valence-corrected chi connectivity index (χ2v) is 5.43. The first-order valence-electron chi connectivity index (χ1n) is 6.69. The molecule has 0 aromatic carbocycles. The molecule has 0 N–H and O–H groups in total. The zero-order chi connectivity index (χ0) is 10.7. The van der Waals surface area contributed by atoms with Gasteiger partial charge in [0.2, 0.25) is 0 Å². The Morgan fingerprint density at radius 1 is 1.27 bits per heavy atom. The average molecular weight is 207 g/mol. The van der Waals surface area contributed by atoms with Crippen molar-refractivity contribution < 1.29 is 0 Å². The van der Waals surface area contributed by atoms with E-state index in [0.717, 1.165) is 0 Å². The molecule has 1 heterocycles. The van der Waals surface area contributed by atoms with E-state index >= 15 is 0 Å². The van der Waals surface area contributed by atoms with Gasteiger partial charge in [0.05, 0.1) is 0 Å². The molecule has 0 aromatic heterocycles. The van der Waals surface area contributed by atoms with Gasteiger partial charge in [-0.05, 0) is 32.7 Å². The predicted molar refractivity (Wildman–Crippen MR) is 66.1 cm³/mol. The van der Waals surface area contributed by atoms with E-state index in [-0.39, 0.29) is 0 Å². The third kappa shape index (κ3) is 2.28. The second-order valence-electron chi connectivity index (χ2n) is 5.43. The molecule has 1 saturated carbocycles. The molecule has 0 radical (unpaired) electrons. The number of nitrogens with zero attached hydrogens (tertiary/aromatic N) is 1. The maximum atomic E-state index is 2.63. The highest BCUT2D eigenvalue weighted by atomic mass is 15.2. The third-order valence-corrected chi connectivity index (χ3v) is 4.24. The van der Waals surface area contributed by atoms with Crippen LogP contribution in [-0.2, 0) is 0 Å². The first kappa shape index (κ1) is 11.2. The molecule has 86 valence electrons. The topological polar surface area (TPSA) is 3.24 Å².